The van der Waals surface area contributed by atoms with Crippen LogP contribution in [-0.4, -0.2) is 27.3 Å². The van der Waals surface area contributed by atoms with Crippen molar-refractivity contribution < 1.29 is 9.90 Å². The van der Waals surface area contributed by atoms with Gasteiger partial charge in [-0.2, -0.15) is 0 Å². The van der Waals surface area contributed by atoms with Crippen molar-refractivity contribution in [2.45, 2.75) is 45.2 Å². The fraction of sp³-hybridized carbons (Fsp3) is 0.438. The maximum atomic E-state index is 12.4. The number of phenolic OH excluding ortho intramolecular Hbond substituents is 1. The SMILES string of the molecule is CCCc1nnc(NC(=O)C2CC(c3cc(C)ccc3O)NN2)s1. The largest absolute Gasteiger partial charge is 0.508 e. The topological polar surface area (TPSA) is 99.2 Å². The molecule has 2 aromatic rings. The second kappa shape index (κ2) is 7.25. The second-order valence-electron chi connectivity index (χ2n) is 5.93. The number of rotatable bonds is 5. The van der Waals surface area contributed by atoms with Crippen molar-refractivity contribution >= 4 is 22.4 Å². The highest BCUT2D eigenvalue weighted by Crippen LogP contribution is 2.30. The lowest BCUT2D eigenvalue weighted by atomic mass is 9.99. The summed E-state index contributed by atoms with van der Waals surface area (Å²) in [6.45, 7) is 4.05. The van der Waals surface area contributed by atoms with Gasteiger partial charge in [0.05, 0.1) is 6.04 Å². The van der Waals surface area contributed by atoms with Gasteiger partial charge in [-0.25, -0.2) is 10.9 Å². The number of hydrogen-bond acceptors (Lipinski definition) is 7. The summed E-state index contributed by atoms with van der Waals surface area (Å²) in [6, 6.07) is 4.95. The number of hydrazine groups is 1. The van der Waals surface area contributed by atoms with Gasteiger partial charge in [0, 0.05) is 12.0 Å². The maximum Gasteiger partial charge on any atom is 0.244 e. The third-order valence-electron chi connectivity index (χ3n) is 3.94. The van der Waals surface area contributed by atoms with Gasteiger partial charge in [0.15, 0.2) is 0 Å². The number of anilines is 1. The van der Waals surface area contributed by atoms with Gasteiger partial charge in [-0.3, -0.25) is 10.1 Å². The van der Waals surface area contributed by atoms with Gasteiger partial charge in [-0.1, -0.05) is 36.0 Å². The highest BCUT2D eigenvalue weighted by atomic mass is 32.1. The molecule has 1 aliphatic rings. The minimum absolute atomic E-state index is 0.120. The Morgan fingerprint density at radius 2 is 2.25 bits per heavy atom. The first-order valence-electron chi connectivity index (χ1n) is 8.00. The number of aromatic hydroxyl groups is 1. The van der Waals surface area contributed by atoms with E-state index in [4.69, 9.17) is 0 Å². The average molecular weight is 347 g/mol. The molecule has 8 heteroatoms. The average Bonchev–Trinajstić information content (AvgIpc) is 3.20. The summed E-state index contributed by atoms with van der Waals surface area (Å²) < 4.78 is 0. The Hall–Kier alpha value is -2.03. The minimum atomic E-state index is -0.395. The zero-order valence-corrected chi connectivity index (χ0v) is 14.5. The van der Waals surface area contributed by atoms with Gasteiger partial charge in [-0.05, 0) is 25.8 Å². The highest BCUT2D eigenvalue weighted by molar-refractivity contribution is 7.15. The van der Waals surface area contributed by atoms with Gasteiger partial charge in [0.2, 0.25) is 11.0 Å². The standard InChI is InChI=1S/C16H21N5O2S/c1-3-4-14-20-21-16(24-14)17-15(23)12-8-11(18-19-12)10-7-9(2)5-6-13(10)22/h5-7,11-12,18-19,22H,3-4,8H2,1-2H3,(H,17,21,23). The molecule has 1 aromatic heterocycles. The third-order valence-corrected chi connectivity index (χ3v) is 4.84. The number of aromatic nitrogens is 2. The molecule has 1 saturated heterocycles. The number of benzene rings is 1. The number of carbonyl (C=O) groups excluding carboxylic acids is 1. The van der Waals surface area contributed by atoms with E-state index in [2.05, 4.69) is 33.3 Å². The molecular weight excluding hydrogens is 326 g/mol. The van der Waals surface area contributed by atoms with Crippen molar-refractivity contribution in [3.8, 4) is 5.75 Å². The van der Waals surface area contributed by atoms with E-state index >= 15 is 0 Å². The number of nitrogens with zero attached hydrogens (tertiary/aromatic N) is 2. The zero-order valence-electron chi connectivity index (χ0n) is 13.7. The van der Waals surface area contributed by atoms with Gasteiger partial charge in [0.25, 0.3) is 0 Å². The van der Waals surface area contributed by atoms with E-state index in [0.29, 0.717) is 11.6 Å². The molecule has 2 atom stereocenters. The molecule has 2 heterocycles. The molecule has 2 unspecified atom stereocenters. The van der Waals surface area contributed by atoms with Crippen LogP contribution in [-0.2, 0) is 11.2 Å². The molecule has 3 rings (SSSR count). The fourth-order valence-corrected chi connectivity index (χ4v) is 3.54. The Balaban J connectivity index is 1.62. The lowest BCUT2D eigenvalue weighted by molar-refractivity contribution is -0.117. The Kier molecular flexibility index (Phi) is 5.08. The van der Waals surface area contributed by atoms with Crippen molar-refractivity contribution in [2.75, 3.05) is 5.32 Å². The molecule has 24 heavy (non-hydrogen) atoms. The van der Waals surface area contributed by atoms with E-state index < -0.39 is 6.04 Å². The summed E-state index contributed by atoms with van der Waals surface area (Å²) in [5.74, 6) is 0.0747. The van der Waals surface area contributed by atoms with E-state index in [1.54, 1.807) is 6.07 Å². The van der Waals surface area contributed by atoms with Crippen molar-refractivity contribution in [3.05, 3.63) is 34.3 Å². The summed E-state index contributed by atoms with van der Waals surface area (Å²) in [5.41, 5.74) is 7.92. The van der Waals surface area contributed by atoms with Crippen LogP contribution in [0.25, 0.3) is 0 Å². The van der Waals surface area contributed by atoms with Crippen molar-refractivity contribution in [1.82, 2.24) is 21.0 Å². The Morgan fingerprint density at radius 3 is 3.04 bits per heavy atom. The normalized spacial score (nSPS) is 20.2. The number of phenols is 1. The fourth-order valence-electron chi connectivity index (χ4n) is 2.70. The van der Waals surface area contributed by atoms with Crippen LogP contribution in [0.5, 0.6) is 5.75 Å². The van der Waals surface area contributed by atoms with E-state index in [1.165, 1.54) is 11.3 Å². The maximum absolute atomic E-state index is 12.4. The second-order valence-corrected chi connectivity index (χ2v) is 6.99. The van der Waals surface area contributed by atoms with Crippen LogP contribution in [0.3, 0.4) is 0 Å². The zero-order chi connectivity index (χ0) is 17.1. The van der Waals surface area contributed by atoms with Crippen LogP contribution >= 0.6 is 11.3 Å². The van der Waals surface area contributed by atoms with Crippen molar-refractivity contribution in [1.29, 1.82) is 0 Å². The summed E-state index contributed by atoms with van der Waals surface area (Å²) in [4.78, 5) is 12.4. The molecule has 7 nitrogen and oxygen atoms in total. The van der Waals surface area contributed by atoms with E-state index in [9.17, 15) is 9.90 Å². The van der Waals surface area contributed by atoms with E-state index in [0.717, 1.165) is 29.0 Å². The van der Waals surface area contributed by atoms with Gasteiger partial charge in [-0.15, -0.1) is 10.2 Å². The quantitative estimate of drug-likeness (QED) is 0.661. The molecule has 0 saturated carbocycles. The molecule has 0 radical (unpaired) electrons. The molecule has 1 fully saturated rings. The molecule has 0 spiro atoms. The Bertz CT molecular complexity index is 733. The van der Waals surface area contributed by atoms with Crippen molar-refractivity contribution in [2.24, 2.45) is 0 Å². The Labute approximate surface area is 144 Å². The summed E-state index contributed by atoms with van der Waals surface area (Å²) in [6.07, 6.45) is 2.41. The number of nitrogens with one attached hydrogen (secondary N) is 3. The molecule has 0 bridgehead atoms. The van der Waals surface area contributed by atoms with Crippen LogP contribution in [0.1, 0.15) is 41.9 Å². The predicted molar refractivity (Wildman–Crippen MR) is 92.8 cm³/mol. The molecule has 1 aromatic carbocycles. The molecular formula is C16H21N5O2S. The van der Waals surface area contributed by atoms with E-state index in [-0.39, 0.29) is 17.7 Å². The number of aryl methyl sites for hydroxylation is 2. The molecule has 0 aliphatic carbocycles. The van der Waals surface area contributed by atoms with Crippen LogP contribution in [0, 0.1) is 6.92 Å². The summed E-state index contributed by atoms with van der Waals surface area (Å²) in [5, 5.41) is 22.3. The minimum Gasteiger partial charge on any atom is -0.508 e. The van der Waals surface area contributed by atoms with Gasteiger partial charge >= 0.3 is 0 Å². The summed E-state index contributed by atoms with van der Waals surface area (Å²) in [7, 11) is 0. The lowest BCUT2D eigenvalue weighted by Crippen LogP contribution is -2.39. The van der Waals surface area contributed by atoms with Crippen LogP contribution in [0.4, 0.5) is 5.13 Å². The smallest absolute Gasteiger partial charge is 0.244 e. The highest BCUT2D eigenvalue weighted by Gasteiger charge is 2.31. The number of carbonyl (C=O) groups is 1. The van der Waals surface area contributed by atoms with Crippen LogP contribution in [0.2, 0.25) is 0 Å². The molecule has 128 valence electrons. The monoisotopic (exact) mass is 347 g/mol. The molecule has 4 N–H and O–H groups in total. The third kappa shape index (κ3) is 3.72. The Morgan fingerprint density at radius 1 is 1.42 bits per heavy atom. The van der Waals surface area contributed by atoms with Crippen LogP contribution < -0.4 is 16.2 Å². The lowest BCUT2D eigenvalue weighted by Gasteiger charge is -2.12. The first-order chi connectivity index (χ1) is 11.6. The molecule has 1 amide bonds. The first-order valence-corrected chi connectivity index (χ1v) is 8.82. The van der Waals surface area contributed by atoms with Gasteiger partial charge < -0.3 is 5.11 Å². The predicted octanol–water partition coefficient (Wildman–Crippen LogP) is 2.05. The first kappa shape index (κ1) is 16.8. The molecule has 1 aliphatic heterocycles. The van der Waals surface area contributed by atoms with E-state index in [1.807, 2.05) is 19.1 Å². The van der Waals surface area contributed by atoms with Gasteiger partial charge in [0.1, 0.15) is 16.8 Å². The number of amides is 1. The van der Waals surface area contributed by atoms with Crippen LogP contribution in [0.15, 0.2) is 18.2 Å². The summed E-state index contributed by atoms with van der Waals surface area (Å²) >= 11 is 1.40. The van der Waals surface area contributed by atoms with Crippen molar-refractivity contribution in [3.63, 3.8) is 0 Å². The number of hydrogen-bond donors (Lipinski definition) is 4.